The second-order valence-corrected chi connectivity index (χ2v) is 15.5. The molecule has 2 heterocycles. The number of nitrogens with zero attached hydrogens (tertiary/aromatic N) is 1. The van der Waals surface area contributed by atoms with E-state index in [0.29, 0.717) is 19.4 Å². The zero-order chi connectivity index (χ0) is 38.9. The van der Waals surface area contributed by atoms with E-state index in [1.165, 1.54) is 6.92 Å². The second kappa shape index (κ2) is 18.4. The molecule has 0 unspecified atom stereocenters. The number of aliphatic carboxylic acids is 1. The van der Waals surface area contributed by atoms with Crippen molar-refractivity contribution in [1.29, 1.82) is 0 Å². The average Bonchev–Trinajstić information content (AvgIpc) is 3.50. The summed E-state index contributed by atoms with van der Waals surface area (Å²) in [6, 6.07) is 2.26. The van der Waals surface area contributed by atoms with E-state index in [1.54, 1.807) is 56.9 Å². The van der Waals surface area contributed by atoms with Crippen molar-refractivity contribution < 1.29 is 43.8 Å². The van der Waals surface area contributed by atoms with Crippen molar-refractivity contribution >= 4 is 41.3 Å². The van der Waals surface area contributed by atoms with E-state index >= 15 is 0 Å². The molecule has 0 spiro atoms. The van der Waals surface area contributed by atoms with Crippen LogP contribution < -0.4 is 26.6 Å². The first-order chi connectivity index (χ1) is 24.3. The van der Waals surface area contributed by atoms with Gasteiger partial charge in [0.05, 0.1) is 36.6 Å². The van der Waals surface area contributed by atoms with Crippen LogP contribution in [0.5, 0.6) is 0 Å². The minimum Gasteiger partial charge on any atom is -0.481 e. The summed E-state index contributed by atoms with van der Waals surface area (Å²) in [6.07, 6.45) is -1.66. The highest BCUT2D eigenvalue weighted by Crippen LogP contribution is 2.24. The molecule has 1 aromatic carbocycles. The van der Waals surface area contributed by atoms with Crippen molar-refractivity contribution in [3.63, 3.8) is 0 Å². The normalized spacial score (nSPS) is 28.0. The fourth-order valence-electron chi connectivity index (χ4n) is 6.78. The molecule has 3 rings (SSSR count). The maximum atomic E-state index is 14.2. The van der Waals surface area contributed by atoms with Crippen molar-refractivity contribution in [2.45, 2.75) is 135 Å². The number of hydrogen-bond donors (Lipinski definition) is 7. The molecule has 0 bridgehead atoms. The minimum absolute atomic E-state index is 0.0822. The quantitative estimate of drug-likeness (QED) is 0.196. The lowest BCUT2D eigenvalue weighted by Gasteiger charge is -2.38. The molecule has 2 aliphatic rings. The van der Waals surface area contributed by atoms with Gasteiger partial charge in [-0.05, 0) is 71.9 Å². The summed E-state index contributed by atoms with van der Waals surface area (Å²) in [5.41, 5.74) is 0.0623. The Labute approximate surface area is 305 Å². The number of carboxylic acid groups (broad SMARTS) is 1. The third-order valence-electron chi connectivity index (χ3n) is 9.19. The van der Waals surface area contributed by atoms with Gasteiger partial charge in [-0.2, -0.15) is 0 Å². The van der Waals surface area contributed by atoms with Crippen LogP contribution in [0.25, 0.3) is 0 Å². The zero-order valence-electron chi connectivity index (χ0n) is 31.2. The molecule has 2 aliphatic heterocycles. The highest BCUT2D eigenvalue weighted by molar-refractivity contribution is 5.97. The lowest BCUT2D eigenvalue weighted by molar-refractivity contribution is -0.143. The highest BCUT2D eigenvalue weighted by atomic mass is 16.4. The van der Waals surface area contributed by atoms with E-state index in [-0.39, 0.29) is 18.8 Å². The standard InChI is InChI=1S/C37H56N6O9/c1-20(2)16-25-28(45)18-24(19-29(46)47)32(48)41-30(22(4)44)35(51)38-21(3)31(36(52)42-37(5,6)7)43-15-11-14-27(43)34(50)40-26(33(49)39-25)17-23-12-9-8-10-13-23/h8-10,12-13,20-22,24-27,30-31,44H,11,14-19H2,1-7H3,(H,38,51)(H,39,49)(H,40,50)(H,41,48)(H,42,52)(H,46,47)/t21-,22+,24-,25-,26-,27-,30-,31-/m0/s1. The third kappa shape index (κ3) is 12.1. The highest BCUT2D eigenvalue weighted by Gasteiger charge is 2.44. The number of rotatable bonds is 8. The molecule has 15 nitrogen and oxygen atoms in total. The van der Waals surface area contributed by atoms with Gasteiger partial charge in [-0.1, -0.05) is 44.2 Å². The molecule has 0 aliphatic carbocycles. The summed E-state index contributed by atoms with van der Waals surface area (Å²) in [5, 5.41) is 34.0. The van der Waals surface area contributed by atoms with Crippen molar-refractivity contribution in [3.05, 3.63) is 35.9 Å². The average molecular weight is 729 g/mol. The molecule has 15 heteroatoms. The SMILES string of the molecule is CC(C)C[C@@H]1NC(=O)[C@H](Cc2ccccc2)NC(=O)[C@@H]2CCCN2[C@H](C(=O)NC(C)(C)C)[C@H](C)NC(=O)[C@H]([C@@H](C)O)NC(=O)[C@H](CC(=O)O)CC1=O. The Bertz CT molecular complexity index is 1460. The molecule has 8 atom stereocenters. The molecule has 2 saturated heterocycles. The number of nitrogens with one attached hydrogen (secondary N) is 5. The van der Waals surface area contributed by atoms with E-state index in [9.17, 15) is 43.8 Å². The van der Waals surface area contributed by atoms with Gasteiger partial charge in [0.2, 0.25) is 29.5 Å². The molecule has 0 radical (unpaired) electrons. The lowest BCUT2D eigenvalue weighted by atomic mass is 9.90. The summed E-state index contributed by atoms with van der Waals surface area (Å²) in [7, 11) is 0. The number of amides is 5. The number of hydrogen-bond acceptors (Lipinski definition) is 9. The maximum absolute atomic E-state index is 14.2. The number of carboxylic acids is 1. The number of carbonyl (C=O) groups excluding carboxylic acids is 6. The molecule has 1 aromatic rings. The smallest absolute Gasteiger partial charge is 0.304 e. The number of aliphatic hydroxyl groups is 1. The van der Waals surface area contributed by atoms with Crippen LogP contribution in [0, 0.1) is 11.8 Å². The molecule has 7 N–H and O–H groups in total. The first kappa shape index (κ1) is 42.0. The third-order valence-corrected chi connectivity index (χ3v) is 9.19. The zero-order valence-corrected chi connectivity index (χ0v) is 31.2. The van der Waals surface area contributed by atoms with E-state index in [0.717, 1.165) is 5.56 Å². The Hall–Kier alpha value is -4.37. The maximum Gasteiger partial charge on any atom is 0.304 e. The van der Waals surface area contributed by atoms with E-state index in [2.05, 4.69) is 26.6 Å². The van der Waals surface area contributed by atoms with Gasteiger partial charge in [-0.15, -0.1) is 0 Å². The number of ketones is 1. The van der Waals surface area contributed by atoms with Gasteiger partial charge in [-0.3, -0.25) is 38.5 Å². The van der Waals surface area contributed by atoms with Crippen LogP contribution >= 0.6 is 0 Å². The molecule has 2 fully saturated rings. The van der Waals surface area contributed by atoms with Crippen LogP contribution in [0.4, 0.5) is 0 Å². The number of benzene rings is 1. The fourth-order valence-corrected chi connectivity index (χ4v) is 6.78. The van der Waals surface area contributed by atoms with Crippen LogP contribution in [-0.2, 0) is 40.0 Å². The number of Topliss-reactive ketones (excluding diaryl/α,β-unsaturated/α-hetero) is 1. The van der Waals surface area contributed by atoms with E-state index < -0.39 is 108 Å². The van der Waals surface area contributed by atoms with Crippen LogP contribution in [0.1, 0.15) is 86.1 Å². The van der Waals surface area contributed by atoms with Crippen molar-refractivity contribution in [3.8, 4) is 0 Å². The summed E-state index contributed by atoms with van der Waals surface area (Å²) >= 11 is 0. The summed E-state index contributed by atoms with van der Waals surface area (Å²) in [6.45, 7) is 12.2. The predicted octanol–water partition coefficient (Wildman–Crippen LogP) is 0.427. The second-order valence-electron chi connectivity index (χ2n) is 15.5. The van der Waals surface area contributed by atoms with Gasteiger partial charge in [0.15, 0.2) is 5.78 Å². The Kier molecular flexibility index (Phi) is 14.9. The molecule has 52 heavy (non-hydrogen) atoms. The van der Waals surface area contributed by atoms with Crippen molar-refractivity contribution in [2.24, 2.45) is 11.8 Å². The van der Waals surface area contributed by atoms with Gasteiger partial charge in [0, 0.05) is 18.4 Å². The summed E-state index contributed by atoms with van der Waals surface area (Å²) in [4.78, 5) is 96.7. The van der Waals surface area contributed by atoms with Gasteiger partial charge in [0.1, 0.15) is 18.1 Å². The first-order valence-corrected chi connectivity index (χ1v) is 18.0. The minimum atomic E-state index is -1.57. The first-order valence-electron chi connectivity index (χ1n) is 18.0. The van der Waals surface area contributed by atoms with Gasteiger partial charge in [-0.25, -0.2) is 0 Å². The van der Waals surface area contributed by atoms with Crippen LogP contribution in [0.2, 0.25) is 0 Å². The van der Waals surface area contributed by atoms with Crippen molar-refractivity contribution in [2.75, 3.05) is 6.54 Å². The number of carbonyl (C=O) groups is 7. The molecule has 0 aromatic heterocycles. The Morgan fingerprint density at radius 3 is 2.12 bits per heavy atom. The number of fused-ring (bicyclic) bond motifs is 1. The molecule has 0 saturated carbocycles. The van der Waals surface area contributed by atoms with E-state index in [1.807, 2.05) is 19.9 Å². The van der Waals surface area contributed by atoms with Gasteiger partial charge >= 0.3 is 5.97 Å². The summed E-state index contributed by atoms with van der Waals surface area (Å²) in [5.74, 6) is -6.94. The monoisotopic (exact) mass is 728 g/mol. The fraction of sp³-hybridized carbons (Fsp3) is 0.649. The Morgan fingerprint density at radius 2 is 1.54 bits per heavy atom. The van der Waals surface area contributed by atoms with Crippen LogP contribution in [0.3, 0.4) is 0 Å². The number of aliphatic hydroxyl groups excluding tert-OH is 1. The Morgan fingerprint density at radius 1 is 0.904 bits per heavy atom. The Balaban J connectivity index is 2.15. The summed E-state index contributed by atoms with van der Waals surface area (Å²) < 4.78 is 0. The van der Waals surface area contributed by atoms with Gasteiger partial charge in [0.25, 0.3) is 0 Å². The van der Waals surface area contributed by atoms with E-state index in [4.69, 9.17) is 0 Å². The van der Waals surface area contributed by atoms with Crippen LogP contribution in [0.15, 0.2) is 30.3 Å². The van der Waals surface area contributed by atoms with Crippen molar-refractivity contribution in [1.82, 2.24) is 31.5 Å². The molecular formula is C37H56N6O9. The topological polar surface area (TPSA) is 223 Å². The molecule has 288 valence electrons. The predicted molar refractivity (Wildman–Crippen MR) is 191 cm³/mol. The lowest BCUT2D eigenvalue weighted by Crippen LogP contribution is -2.65. The molecular weight excluding hydrogens is 672 g/mol. The van der Waals surface area contributed by atoms with Gasteiger partial charge < -0.3 is 36.8 Å². The van der Waals surface area contributed by atoms with Crippen LogP contribution in [-0.4, -0.2) is 111 Å². The largest absolute Gasteiger partial charge is 0.481 e. The molecule has 5 amide bonds.